The van der Waals surface area contributed by atoms with Crippen LogP contribution >= 0.6 is 11.3 Å². The highest BCUT2D eigenvalue weighted by Gasteiger charge is 2.59. The van der Waals surface area contributed by atoms with E-state index in [2.05, 4.69) is 25.2 Å². The third kappa shape index (κ3) is 10.9. The second-order valence-corrected chi connectivity index (χ2v) is 18.0. The van der Waals surface area contributed by atoms with Crippen molar-refractivity contribution >= 4 is 45.1 Å². The van der Waals surface area contributed by atoms with E-state index in [4.69, 9.17) is 4.74 Å². The third-order valence-corrected chi connectivity index (χ3v) is 12.6. The maximum atomic E-state index is 14.4. The number of Topliss-reactive ketones (excluding diaryl/α,β-unsaturated/α-hetero) is 1. The van der Waals surface area contributed by atoms with Gasteiger partial charge in [0, 0.05) is 62.9 Å². The number of carbonyl (C=O) groups excluding carboxylic acids is 4. The number of aromatic nitrogens is 1. The Morgan fingerprint density at radius 2 is 1.79 bits per heavy atom. The van der Waals surface area contributed by atoms with Gasteiger partial charge in [-0.25, -0.2) is 22.9 Å². The molecule has 3 fully saturated rings. The van der Waals surface area contributed by atoms with E-state index in [9.17, 15) is 27.6 Å². The lowest BCUT2D eigenvalue weighted by Crippen LogP contribution is -2.53. The zero-order valence-corrected chi connectivity index (χ0v) is 34.0. The van der Waals surface area contributed by atoms with Gasteiger partial charge in [-0.1, -0.05) is 64.4 Å². The predicted octanol–water partition coefficient (Wildman–Crippen LogP) is 4.41. The first-order valence-corrected chi connectivity index (χ1v) is 21.5. The summed E-state index contributed by atoms with van der Waals surface area (Å²) >= 11 is 1.17. The average molecular weight is 775 g/mol. The van der Waals surface area contributed by atoms with Crippen LogP contribution in [0.4, 0.5) is 4.79 Å². The Balaban J connectivity index is 1.54. The number of sulfonamides is 1. The number of nitrogens with one attached hydrogen (secondary N) is 3. The number of amides is 3. The molecule has 2 aliphatic heterocycles. The maximum absolute atomic E-state index is 14.4. The Bertz CT molecular complexity index is 1680. The Kier molecular flexibility index (Phi) is 14.6. The second kappa shape index (κ2) is 18.3. The van der Waals surface area contributed by atoms with Crippen LogP contribution in [0, 0.1) is 23.7 Å². The smallest absolute Gasteiger partial charge is 0.407 e. The largest absolute Gasteiger partial charge is 0.439 e. The molecule has 2 aromatic rings. The molecular formula is C38H58N6O7S2. The molecule has 3 amide bonds. The standard InChI is InChI=1S/C38H58N6O7S2/c1-9-25(5)29(17-33(45)38-19-27(20-38)22-43(38)6)36(47)44(7)31(24(3)4)18-32(51-37(48)39-10-2)35-42-30(23-52-35)34(46)41-28(21-40-53(8,49)50)16-26-14-12-11-13-15-26/h11-15,23-25,27-29,31-32,40H,9-10,16-22H2,1-8H3,(H,39,48)(H,41,46)/t25-,27?,28-,29-,31+,32+,38?/m0/s1. The van der Waals surface area contributed by atoms with Crippen LogP contribution in [0.3, 0.4) is 0 Å². The summed E-state index contributed by atoms with van der Waals surface area (Å²) in [5.74, 6) is -0.454. The number of ketones is 1. The van der Waals surface area contributed by atoms with Gasteiger partial charge < -0.3 is 20.3 Å². The molecule has 0 spiro atoms. The molecule has 15 heteroatoms. The summed E-state index contributed by atoms with van der Waals surface area (Å²) in [6.07, 6.45) is 2.80. The van der Waals surface area contributed by atoms with E-state index in [-0.39, 0.29) is 54.6 Å². The van der Waals surface area contributed by atoms with Gasteiger partial charge in [0.1, 0.15) is 10.7 Å². The maximum Gasteiger partial charge on any atom is 0.407 e. The van der Waals surface area contributed by atoms with Crippen molar-refractivity contribution in [3.63, 3.8) is 0 Å². The van der Waals surface area contributed by atoms with Gasteiger partial charge in [0.15, 0.2) is 11.9 Å². The van der Waals surface area contributed by atoms with E-state index in [1.807, 2.05) is 65.1 Å². The molecule has 5 atom stereocenters. The average Bonchev–Trinajstić information content (AvgIpc) is 3.80. The highest BCUT2D eigenvalue weighted by molar-refractivity contribution is 7.88. The summed E-state index contributed by atoms with van der Waals surface area (Å²) in [6, 6.07) is 8.46. The van der Waals surface area contributed by atoms with Crippen molar-refractivity contribution in [2.24, 2.45) is 23.7 Å². The number of likely N-dealkylation sites (N-methyl/N-ethyl adjacent to an activating group) is 1. The van der Waals surface area contributed by atoms with Gasteiger partial charge in [-0.15, -0.1) is 11.3 Å². The number of nitrogens with zero attached hydrogens (tertiary/aromatic N) is 3. The monoisotopic (exact) mass is 774 g/mol. The van der Waals surface area contributed by atoms with Gasteiger partial charge in [0.05, 0.1) is 11.8 Å². The zero-order chi connectivity index (χ0) is 39.1. The molecule has 3 heterocycles. The lowest BCUT2D eigenvalue weighted by atomic mass is 9.68. The lowest BCUT2D eigenvalue weighted by molar-refractivity contribution is -0.144. The Hall–Kier alpha value is -3.40. The number of hydrogen-bond donors (Lipinski definition) is 3. The summed E-state index contributed by atoms with van der Waals surface area (Å²) < 4.78 is 32.1. The van der Waals surface area contributed by atoms with Crippen molar-refractivity contribution in [3.8, 4) is 0 Å². The SMILES string of the molecule is CCNC(=O)O[C@H](C[C@H](C(C)C)N(C)C(=O)[C@@H](CC(=O)C12CC(CN1C)C2)[C@@H](C)CC)c1nc(C(=O)N[C@H](CNS(C)(=O)=O)Cc2ccccc2)cs1. The normalized spacial score (nSPS) is 21.2. The molecule has 1 saturated carbocycles. The number of benzene rings is 1. The molecule has 0 radical (unpaired) electrons. The van der Waals surface area contributed by atoms with Gasteiger partial charge >= 0.3 is 6.09 Å². The van der Waals surface area contributed by atoms with E-state index >= 15 is 0 Å². The van der Waals surface area contributed by atoms with Crippen molar-refractivity contribution in [2.45, 2.75) is 96.9 Å². The summed E-state index contributed by atoms with van der Waals surface area (Å²) in [5, 5.41) is 7.54. The highest BCUT2D eigenvalue weighted by Crippen LogP contribution is 2.51. The minimum Gasteiger partial charge on any atom is -0.439 e. The summed E-state index contributed by atoms with van der Waals surface area (Å²) in [5.41, 5.74) is 0.573. The van der Waals surface area contributed by atoms with Gasteiger partial charge in [-0.05, 0) is 56.6 Å². The second-order valence-electron chi connectivity index (χ2n) is 15.3. The van der Waals surface area contributed by atoms with Crippen LogP contribution < -0.4 is 15.4 Å². The highest BCUT2D eigenvalue weighted by atomic mass is 32.2. The van der Waals surface area contributed by atoms with Crippen molar-refractivity contribution in [3.05, 3.63) is 52.0 Å². The van der Waals surface area contributed by atoms with Crippen molar-refractivity contribution < 1.29 is 32.3 Å². The molecule has 13 nitrogen and oxygen atoms in total. The fourth-order valence-electron chi connectivity index (χ4n) is 7.71. The summed E-state index contributed by atoms with van der Waals surface area (Å²) in [6.45, 7) is 11.1. The molecule has 53 heavy (non-hydrogen) atoms. The third-order valence-electron chi connectivity index (χ3n) is 11.0. The minimum atomic E-state index is -3.51. The molecular weight excluding hydrogens is 717 g/mol. The molecule has 294 valence electrons. The Morgan fingerprint density at radius 3 is 2.36 bits per heavy atom. The van der Waals surface area contributed by atoms with Gasteiger partial charge in [-0.3, -0.25) is 19.3 Å². The minimum absolute atomic E-state index is 0.0125. The van der Waals surface area contributed by atoms with Crippen LogP contribution in [0.2, 0.25) is 0 Å². The van der Waals surface area contributed by atoms with Gasteiger partial charge in [0.25, 0.3) is 5.91 Å². The number of hydrogen-bond acceptors (Lipinski definition) is 10. The Labute approximate surface area is 319 Å². The molecule has 1 aromatic carbocycles. The number of alkyl carbamates (subject to hydrolysis) is 1. The lowest BCUT2D eigenvalue weighted by Gasteiger charge is -2.41. The van der Waals surface area contributed by atoms with Crippen LogP contribution in [0.1, 0.15) is 93.9 Å². The fourth-order valence-corrected chi connectivity index (χ4v) is 9.05. The molecule has 1 aromatic heterocycles. The first kappa shape index (κ1) is 42.3. The molecule has 3 aliphatic rings. The van der Waals surface area contributed by atoms with Crippen molar-refractivity contribution in [1.82, 2.24) is 30.1 Å². The number of thiazole rings is 1. The van der Waals surface area contributed by atoms with E-state index in [1.165, 1.54) is 11.3 Å². The molecule has 1 aliphatic carbocycles. The number of rotatable bonds is 20. The van der Waals surface area contributed by atoms with Crippen LogP contribution in [0.25, 0.3) is 0 Å². The van der Waals surface area contributed by atoms with Crippen LogP contribution in [-0.4, -0.2) is 105 Å². The topological polar surface area (TPSA) is 167 Å². The van der Waals surface area contributed by atoms with E-state index < -0.39 is 45.6 Å². The summed E-state index contributed by atoms with van der Waals surface area (Å²) in [4.78, 5) is 62.9. The van der Waals surface area contributed by atoms with Crippen LogP contribution in [0.15, 0.2) is 35.7 Å². The van der Waals surface area contributed by atoms with Gasteiger partial charge in [0.2, 0.25) is 15.9 Å². The number of fused-ring (bicyclic) bond motifs is 1. The first-order valence-electron chi connectivity index (χ1n) is 18.7. The van der Waals surface area contributed by atoms with Crippen LogP contribution in [-0.2, 0) is 30.8 Å². The molecule has 2 saturated heterocycles. The van der Waals surface area contributed by atoms with Crippen molar-refractivity contribution in [1.29, 1.82) is 0 Å². The van der Waals surface area contributed by atoms with Crippen molar-refractivity contribution in [2.75, 3.05) is 40.0 Å². The fraction of sp³-hybridized carbons (Fsp3) is 0.658. The van der Waals surface area contributed by atoms with Gasteiger partial charge in [-0.2, -0.15) is 0 Å². The quantitative estimate of drug-likeness (QED) is 0.177. The predicted molar refractivity (Wildman–Crippen MR) is 206 cm³/mol. The molecule has 0 unspecified atom stereocenters. The van der Waals surface area contributed by atoms with E-state index in [0.717, 1.165) is 37.6 Å². The number of ether oxygens (including phenoxy) is 1. The molecule has 5 rings (SSSR count). The first-order chi connectivity index (χ1) is 25.0. The number of carbonyl (C=O) groups is 4. The summed E-state index contributed by atoms with van der Waals surface area (Å²) in [7, 11) is 0.257. The molecule has 2 bridgehead atoms. The van der Waals surface area contributed by atoms with E-state index in [1.54, 1.807) is 24.3 Å². The molecule has 3 N–H and O–H groups in total. The Morgan fingerprint density at radius 1 is 1.11 bits per heavy atom. The zero-order valence-electron chi connectivity index (χ0n) is 32.4. The van der Waals surface area contributed by atoms with E-state index in [0.29, 0.717) is 23.9 Å². The van der Waals surface area contributed by atoms with Crippen LogP contribution in [0.5, 0.6) is 0 Å².